The Morgan fingerprint density at radius 1 is 1.03 bits per heavy atom. The molecule has 0 amide bonds. The van der Waals surface area contributed by atoms with E-state index < -0.39 is 0 Å². The lowest BCUT2D eigenvalue weighted by Crippen LogP contribution is -2.45. The molecule has 0 saturated heterocycles. The second-order valence-corrected chi connectivity index (χ2v) is 7.48. The van der Waals surface area contributed by atoms with Crippen LogP contribution in [0.2, 0.25) is 0 Å². The number of rotatable bonds is 7. The van der Waals surface area contributed by atoms with Gasteiger partial charge in [-0.2, -0.15) is 0 Å². The highest BCUT2D eigenvalue weighted by Gasteiger charge is 2.25. The zero-order chi connectivity index (χ0) is 20.1. The van der Waals surface area contributed by atoms with E-state index in [0.29, 0.717) is 0 Å². The van der Waals surface area contributed by atoms with Crippen molar-refractivity contribution in [1.82, 2.24) is 5.32 Å². The molecule has 0 aromatic heterocycles. The molecule has 0 aliphatic carbocycles. The molecule has 4 nitrogen and oxygen atoms in total. The second kappa shape index (κ2) is 9.01. The van der Waals surface area contributed by atoms with E-state index in [-0.39, 0.29) is 12.1 Å². The molecule has 4 heteroatoms. The Kier molecular flexibility index (Phi) is 6.01. The summed E-state index contributed by atoms with van der Waals surface area (Å²) in [6.45, 7) is 4.68. The molecule has 0 bridgehead atoms. The van der Waals surface area contributed by atoms with Gasteiger partial charge in [-0.25, -0.2) is 0 Å². The number of fused-ring (bicyclic) bond motifs is 1. The molecule has 2 atom stereocenters. The fraction of sp³-hybridized carbons (Fsp3) is 0.280. The van der Waals surface area contributed by atoms with Gasteiger partial charge < -0.3 is 19.7 Å². The lowest BCUT2D eigenvalue weighted by atomic mass is 10.1. The van der Waals surface area contributed by atoms with Gasteiger partial charge in [-0.05, 0) is 42.3 Å². The van der Waals surface area contributed by atoms with Crippen LogP contribution < -0.4 is 19.7 Å². The Hall–Kier alpha value is -2.98. The Bertz CT molecular complexity index is 929. The van der Waals surface area contributed by atoms with Gasteiger partial charge in [0.05, 0.1) is 19.3 Å². The van der Waals surface area contributed by atoms with Gasteiger partial charge in [0.2, 0.25) is 0 Å². The fourth-order valence-corrected chi connectivity index (χ4v) is 3.78. The molecule has 29 heavy (non-hydrogen) atoms. The molecule has 150 valence electrons. The number of ether oxygens (including phenoxy) is 2. The number of hydrogen-bond donors (Lipinski definition) is 1. The maximum Gasteiger partial charge on any atom is 0.143 e. The molecule has 1 N–H and O–H groups in total. The van der Waals surface area contributed by atoms with Crippen LogP contribution in [-0.4, -0.2) is 26.3 Å². The topological polar surface area (TPSA) is 33.7 Å². The van der Waals surface area contributed by atoms with Crippen molar-refractivity contribution in [2.45, 2.75) is 25.6 Å². The number of methoxy groups -OCH3 is 1. The predicted octanol–water partition coefficient (Wildman–Crippen LogP) is 4.81. The summed E-state index contributed by atoms with van der Waals surface area (Å²) in [4.78, 5) is 2.41. The van der Waals surface area contributed by atoms with Crippen molar-refractivity contribution in [2.24, 2.45) is 0 Å². The minimum atomic E-state index is 0.0849. The third-order valence-corrected chi connectivity index (χ3v) is 5.39. The Balaban J connectivity index is 1.44. The Morgan fingerprint density at radius 3 is 2.66 bits per heavy atom. The summed E-state index contributed by atoms with van der Waals surface area (Å²) in [6, 6.07) is 27.3. The highest BCUT2D eigenvalue weighted by atomic mass is 16.5. The number of anilines is 1. The first-order valence-corrected chi connectivity index (χ1v) is 10.1. The predicted molar refractivity (Wildman–Crippen MR) is 118 cm³/mol. The van der Waals surface area contributed by atoms with Crippen LogP contribution in [0.25, 0.3) is 0 Å². The first kappa shape index (κ1) is 19.3. The van der Waals surface area contributed by atoms with E-state index in [9.17, 15) is 0 Å². The standard InChI is InChI=1S/C25H28N2O2/c1-19(21-11-8-12-22(15-21)28-2)26-16-23-18-27(17-20-9-4-3-5-10-20)24-13-6-7-14-25(24)29-23/h3-15,19,23,26H,16-18H2,1-2H3/t19-,23?/m1/s1. The number of nitrogens with one attached hydrogen (secondary N) is 1. The van der Waals surface area contributed by atoms with Gasteiger partial charge in [-0.1, -0.05) is 54.6 Å². The van der Waals surface area contributed by atoms with E-state index in [2.05, 4.69) is 77.8 Å². The molecular formula is C25H28N2O2. The molecule has 1 aliphatic heterocycles. The molecule has 0 fully saturated rings. The molecule has 0 spiro atoms. The average Bonchev–Trinajstić information content (AvgIpc) is 2.78. The largest absolute Gasteiger partial charge is 0.497 e. The van der Waals surface area contributed by atoms with Crippen LogP contribution in [0.1, 0.15) is 24.1 Å². The Labute approximate surface area is 173 Å². The summed E-state index contributed by atoms with van der Waals surface area (Å²) < 4.78 is 11.7. The van der Waals surface area contributed by atoms with E-state index in [4.69, 9.17) is 9.47 Å². The van der Waals surface area contributed by atoms with Crippen molar-refractivity contribution in [3.05, 3.63) is 90.0 Å². The van der Waals surface area contributed by atoms with E-state index in [0.717, 1.165) is 36.8 Å². The first-order valence-electron chi connectivity index (χ1n) is 10.1. The van der Waals surface area contributed by atoms with Gasteiger partial charge >= 0.3 is 0 Å². The molecule has 3 aromatic carbocycles. The van der Waals surface area contributed by atoms with Gasteiger partial charge in [0.15, 0.2) is 0 Å². The molecule has 1 unspecified atom stereocenters. The van der Waals surface area contributed by atoms with Crippen LogP contribution in [0, 0.1) is 0 Å². The molecule has 0 radical (unpaired) electrons. The van der Waals surface area contributed by atoms with Gasteiger partial charge in [-0.3, -0.25) is 0 Å². The van der Waals surface area contributed by atoms with Crippen LogP contribution in [0.5, 0.6) is 11.5 Å². The van der Waals surface area contributed by atoms with Gasteiger partial charge in [-0.15, -0.1) is 0 Å². The van der Waals surface area contributed by atoms with Crippen molar-refractivity contribution in [3.8, 4) is 11.5 Å². The first-order chi connectivity index (χ1) is 14.2. The van der Waals surface area contributed by atoms with Crippen LogP contribution in [0.4, 0.5) is 5.69 Å². The highest BCUT2D eigenvalue weighted by Crippen LogP contribution is 2.34. The summed E-state index contributed by atoms with van der Waals surface area (Å²) in [6.07, 6.45) is 0.0849. The van der Waals surface area contributed by atoms with Gasteiger partial charge in [0, 0.05) is 19.1 Å². The van der Waals surface area contributed by atoms with Crippen molar-refractivity contribution >= 4 is 5.69 Å². The van der Waals surface area contributed by atoms with Crippen LogP contribution >= 0.6 is 0 Å². The summed E-state index contributed by atoms with van der Waals surface area (Å²) in [7, 11) is 1.70. The third-order valence-electron chi connectivity index (χ3n) is 5.39. The minimum absolute atomic E-state index is 0.0849. The van der Waals surface area contributed by atoms with E-state index in [1.165, 1.54) is 11.1 Å². The monoisotopic (exact) mass is 388 g/mol. The normalized spacial score (nSPS) is 16.6. The smallest absolute Gasteiger partial charge is 0.143 e. The summed E-state index contributed by atoms with van der Waals surface area (Å²) in [5.74, 6) is 1.84. The minimum Gasteiger partial charge on any atom is -0.497 e. The van der Waals surface area contributed by atoms with E-state index >= 15 is 0 Å². The van der Waals surface area contributed by atoms with Crippen molar-refractivity contribution in [3.63, 3.8) is 0 Å². The van der Waals surface area contributed by atoms with Crippen LogP contribution in [0.15, 0.2) is 78.9 Å². The lowest BCUT2D eigenvalue weighted by molar-refractivity contribution is 0.185. The van der Waals surface area contributed by atoms with E-state index in [1.807, 2.05) is 18.2 Å². The quantitative estimate of drug-likeness (QED) is 0.630. The molecular weight excluding hydrogens is 360 g/mol. The average molecular weight is 389 g/mol. The van der Waals surface area contributed by atoms with Crippen molar-refractivity contribution < 1.29 is 9.47 Å². The maximum absolute atomic E-state index is 6.30. The lowest BCUT2D eigenvalue weighted by Gasteiger charge is -2.37. The molecule has 1 heterocycles. The Morgan fingerprint density at radius 2 is 1.83 bits per heavy atom. The van der Waals surface area contributed by atoms with Gasteiger partial charge in [0.1, 0.15) is 17.6 Å². The number of para-hydroxylation sites is 2. The summed E-state index contributed by atoms with van der Waals surface area (Å²) >= 11 is 0. The summed E-state index contributed by atoms with van der Waals surface area (Å²) in [5.41, 5.74) is 3.68. The van der Waals surface area contributed by atoms with E-state index in [1.54, 1.807) is 7.11 Å². The maximum atomic E-state index is 6.30. The van der Waals surface area contributed by atoms with Crippen LogP contribution in [0.3, 0.4) is 0 Å². The molecule has 0 saturated carbocycles. The molecule has 4 rings (SSSR count). The van der Waals surface area contributed by atoms with Crippen LogP contribution in [-0.2, 0) is 6.54 Å². The fourth-order valence-electron chi connectivity index (χ4n) is 3.78. The third kappa shape index (κ3) is 4.72. The van der Waals surface area contributed by atoms with Gasteiger partial charge in [0.25, 0.3) is 0 Å². The zero-order valence-electron chi connectivity index (χ0n) is 17.0. The summed E-state index contributed by atoms with van der Waals surface area (Å²) in [5, 5.41) is 3.63. The highest BCUT2D eigenvalue weighted by molar-refractivity contribution is 5.60. The number of hydrogen-bond acceptors (Lipinski definition) is 4. The number of benzene rings is 3. The SMILES string of the molecule is COc1cccc([C@@H](C)NCC2CN(Cc3ccccc3)c3ccccc3O2)c1. The van der Waals surface area contributed by atoms with Crippen molar-refractivity contribution in [2.75, 3.05) is 25.1 Å². The second-order valence-electron chi connectivity index (χ2n) is 7.48. The zero-order valence-corrected chi connectivity index (χ0v) is 17.0. The number of nitrogens with zero attached hydrogens (tertiary/aromatic N) is 1. The molecule has 1 aliphatic rings. The molecule has 3 aromatic rings. The van der Waals surface area contributed by atoms with Crippen molar-refractivity contribution in [1.29, 1.82) is 0 Å².